The molecular weight excluding hydrogens is 275 g/mol. The molecule has 0 amide bonds. The number of para-hydroxylation sites is 1. The van der Waals surface area contributed by atoms with E-state index in [1.54, 1.807) is 18.2 Å². The third-order valence-electron chi connectivity index (χ3n) is 3.20. The number of Topliss-reactive ketones (excluding diaryl/α,β-unsaturated/α-hetero) is 1. The van der Waals surface area contributed by atoms with Crippen LogP contribution in [0.1, 0.15) is 15.9 Å². The number of rotatable bonds is 4. The van der Waals surface area contributed by atoms with Crippen molar-refractivity contribution in [2.45, 2.75) is 11.3 Å². The predicted molar refractivity (Wildman–Crippen MR) is 77.1 cm³/mol. The van der Waals surface area contributed by atoms with Crippen LogP contribution in [0.3, 0.4) is 0 Å². The molecule has 2 nitrogen and oxygen atoms in total. The number of hydrogen-bond donors (Lipinski definition) is 0. The molecule has 0 aromatic heterocycles. The van der Waals surface area contributed by atoms with E-state index < -0.39 is 0 Å². The maximum Gasteiger partial charge on any atom is 0.176 e. The molecule has 0 atom stereocenters. The van der Waals surface area contributed by atoms with E-state index in [1.165, 1.54) is 23.9 Å². The van der Waals surface area contributed by atoms with Gasteiger partial charge >= 0.3 is 0 Å². The number of ether oxygens (including phenoxy) is 1. The van der Waals surface area contributed by atoms with Gasteiger partial charge in [0.1, 0.15) is 11.6 Å². The van der Waals surface area contributed by atoms with Crippen molar-refractivity contribution in [1.29, 1.82) is 0 Å². The first-order valence-electron chi connectivity index (χ1n) is 6.40. The van der Waals surface area contributed by atoms with Gasteiger partial charge in [0, 0.05) is 11.3 Å². The molecular formula is C16H13FO2S. The van der Waals surface area contributed by atoms with E-state index in [-0.39, 0.29) is 11.6 Å². The van der Waals surface area contributed by atoms with Gasteiger partial charge in [-0.25, -0.2) is 4.39 Å². The third kappa shape index (κ3) is 2.70. The van der Waals surface area contributed by atoms with Gasteiger partial charge in [-0.1, -0.05) is 12.1 Å². The van der Waals surface area contributed by atoms with Crippen LogP contribution in [0, 0.1) is 5.82 Å². The van der Waals surface area contributed by atoms with E-state index in [9.17, 15) is 9.18 Å². The second kappa shape index (κ2) is 5.67. The molecule has 0 aliphatic carbocycles. The summed E-state index contributed by atoms with van der Waals surface area (Å²) in [5, 5.41) is 0. The minimum absolute atomic E-state index is 0.0399. The molecule has 3 rings (SSSR count). The number of hydrogen-bond acceptors (Lipinski definition) is 3. The van der Waals surface area contributed by atoms with Gasteiger partial charge in [-0.2, -0.15) is 0 Å². The van der Waals surface area contributed by atoms with Gasteiger partial charge < -0.3 is 4.74 Å². The van der Waals surface area contributed by atoms with Crippen molar-refractivity contribution in [1.82, 2.24) is 0 Å². The summed E-state index contributed by atoms with van der Waals surface area (Å²) in [6.45, 7) is 0.644. The third-order valence-corrected chi connectivity index (χ3v) is 4.21. The molecule has 0 saturated heterocycles. The second-order valence-electron chi connectivity index (χ2n) is 4.56. The Morgan fingerprint density at radius 2 is 2.00 bits per heavy atom. The lowest BCUT2D eigenvalue weighted by atomic mass is 10.1. The summed E-state index contributed by atoms with van der Waals surface area (Å²) >= 11 is 1.41. The molecule has 102 valence electrons. The molecule has 1 heterocycles. The van der Waals surface area contributed by atoms with Gasteiger partial charge in [0.2, 0.25) is 0 Å². The normalized spacial score (nSPS) is 12.8. The molecule has 0 spiro atoms. The van der Waals surface area contributed by atoms with Crippen molar-refractivity contribution in [3.8, 4) is 5.75 Å². The highest BCUT2D eigenvalue weighted by Crippen LogP contribution is 2.31. The van der Waals surface area contributed by atoms with E-state index in [4.69, 9.17) is 4.74 Å². The molecule has 0 saturated carbocycles. The zero-order valence-electron chi connectivity index (χ0n) is 10.8. The largest absolute Gasteiger partial charge is 0.492 e. The average molecular weight is 288 g/mol. The number of fused-ring (bicyclic) bond motifs is 1. The number of benzene rings is 2. The van der Waals surface area contributed by atoms with Crippen molar-refractivity contribution in [2.24, 2.45) is 0 Å². The number of carbonyl (C=O) groups excluding carboxylic acids is 1. The van der Waals surface area contributed by atoms with Crippen LogP contribution in [0.2, 0.25) is 0 Å². The van der Waals surface area contributed by atoms with E-state index in [0.29, 0.717) is 17.9 Å². The Kier molecular flexibility index (Phi) is 3.74. The van der Waals surface area contributed by atoms with Crippen molar-refractivity contribution in [3.63, 3.8) is 0 Å². The van der Waals surface area contributed by atoms with Crippen LogP contribution in [0.15, 0.2) is 47.4 Å². The first kappa shape index (κ1) is 13.2. The molecule has 0 N–H and O–H groups in total. The topological polar surface area (TPSA) is 26.3 Å². The molecule has 20 heavy (non-hydrogen) atoms. The molecule has 0 bridgehead atoms. The van der Waals surface area contributed by atoms with Gasteiger partial charge in [0.15, 0.2) is 5.78 Å². The molecule has 4 heteroatoms. The Bertz CT molecular complexity index is 637. The zero-order valence-corrected chi connectivity index (χ0v) is 11.6. The molecule has 0 unspecified atom stereocenters. The molecule has 1 aliphatic rings. The minimum Gasteiger partial charge on any atom is -0.492 e. The maximum absolute atomic E-state index is 12.8. The zero-order chi connectivity index (χ0) is 13.9. The smallest absolute Gasteiger partial charge is 0.176 e. The van der Waals surface area contributed by atoms with E-state index in [1.807, 2.05) is 12.1 Å². The summed E-state index contributed by atoms with van der Waals surface area (Å²) in [7, 11) is 0. The molecule has 2 aromatic rings. The van der Waals surface area contributed by atoms with E-state index >= 15 is 0 Å². The fourth-order valence-electron chi connectivity index (χ4n) is 2.19. The van der Waals surface area contributed by atoms with Crippen molar-refractivity contribution < 1.29 is 13.9 Å². The molecule has 0 fully saturated rings. The first-order valence-corrected chi connectivity index (χ1v) is 7.39. The predicted octanol–water partition coefficient (Wildman–Crippen LogP) is 3.74. The van der Waals surface area contributed by atoms with Gasteiger partial charge in [-0.15, -0.1) is 11.8 Å². The SMILES string of the molecule is O=C(CSc1ccc(F)cc1)c1cccc2c1OCC2. The lowest BCUT2D eigenvalue weighted by Crippen LogP contribution is -2.04. The highest BCUT2D eigenvalue weighted by atomic mass is 32.2. The Balaban J connectivity index is 1.71. The Labute approximate surface area is 121 Å². The fraction of sp³-hybridized carbons (Fsp3) is 0.188. The highest BCUT2D eigenvalue weighted by Gasteiger charge is 2.20. The molecule has 1 aliphatic heterocycles. The van der Waals surface area contributed by atoms with Gasteiger partial charge in [0.05, 0.1) is 17.9 Å². The van der Waals surface area contributed by atoms with Crippen molar-refractivity contribution >= 4 is 17.5 Å². The number of thioether (sulfide) groups is 1. The molecule has 0 radical (unpaired) electrons. The molecule has 2 aromatic carbocycles. The number of ketones is 1. The van der Waals surface area contributed by atoms with Crippen molar-refractivity contribution in [3.05, 3.63) is 59.4 Å². The van der Waals surface area contributed by atoms with E-state index in [0.717, 1.165) is 22.6 Å². The fourth-order valence-corrected chi connectivity index (χ4v) is 2.97. The maximum atomic E-state index is 12.8. The summed E-state index contributed by atoms with van der Waals surface area (Å²) in [6, 6.07) is 11.8. The van der Waals surface area contributed by atoms with Crippen molar-refractivity contribution in [2.75, 3.05) is 12.4 Å². The quantitative estimate of drug-likeness (QED) is 0.633. The standard InChI is InChI=1S/C16H13FO2S/c17-12-4-6-13(7-5-12)20-10-15(18)14-3-1-2-11-8-9-19-16(11)14/h1-7H,8-10H2. The van der Waals surface area contributed by atoms with Crippen LogP contribution in [0.4, 0.5) is 4.39 Å². The van der Waals surface area contributed by atoms with Crippen LogP contribution >= 0.6 is 11.8 Å². The average Bonchev–Trinajstić information content (AvgIpc) is 2.94. The number of halogens is 1. The minimum atomic E-state index is -0.269. The van der Waals surface area contributed by atoms with Crippen LogP contribution < -0.4 is 4.74 Å². The monoisotopic (exact) mass is 288 g/mol. The van der Waals surface area contributed by atoms with Crippen LogP contribution in [-0.2, 0) is 6.42 Å². The summed E-state index contributed by atoms with van der Waals surface area (Å²) in [5.41, 5.74) is 1.75. The Hall–Kier alpha value is -1.81. The lowest BCUT2D eigenvalue weighted by molar-refractivity contribution is 0.101. The highest BCUT2D eigenvalue weighted by molar-refractivity contribution is 8.00. The van der Waals surface area contributed by atoms with Crippen LogP contribution in [0.5, 0.6) is 5.75 Å². The number of carbonyl (C=O) groups is 1. The van der Waals surface area contributed by atoms with Crippen LogP contribution in [0.25, 0.3) is 0 Å². The van der Waals surface area contributed by atoms with E-state index in [2.05, 4.69) is 0 Å². The summed E-state index contributed by atoms with van der Waals surface area (Å²) in [5.74, 6) is 0.830. The lowest BCUT2D eigenvalue weighted by Gasteiger charge is -2.07. The van der Waals surface area contributed by atoms with Gasteiger partial charge in [0.25, 0.3) is 0 Å². The summed E-state index contributed by atoms with van der Waals surface area (Å²) in [4.78, 5) is 13.2. The summed E-state index contributed by atoms with van der Waals surface area (Å²) in [6.07, 6.45) is 0.863. The van der Waals surface area contributed by atoms with Gasteiger partial charge in [-0.05, 0) is 35.9 Å². The first-order chi connectivity index (χ1) is 9.74. The van der Waals surface area contributed by atoms with Gasteiger partial charge in [-0.3, -0.25) is 4.79 Å². The summed E-state index contributed by atoms with van der Waals surface area (Å²) < 4.78 is 18.3. The van der Waals surface area contributed by atoms with Crippen LogP contribution in [-0.4, -0.2) is 18.1 Å². The Morgan fingerprint density at radius 1 is 1.20 bits per heavy atom. The Morgan fingerprint density at radius 3 is 2.80 bits per heavy atom. The second-order valence-corrected chi connectivity index (χ2v) is 5.61.